The van der Waals surface area contributed by atoms with E-state index in [4.69, 9.17) is 4.74 Å². The van der Waals surface area contributed by atoms with Crippen molar-refractivity contribution in [2.24, 2.45) is 0 Å². The number of rotatable bonds is 4. The summed E-state index contributed by atoms with van der Waals surface area (Å²) in [4.78, 5) is 20.5. The third-order valence-corrected chi connectivity index (χ3v) is 5.37. The number of likely N-dealkylation sites (N-methyl/N-ethyl adjacent to an activating group) is 1. The fourth-order valence-electron chi connectivity index (χ4n) is 2.68. The molecule has 1 aliphatic heterocycles. The highest BCUT2D eigenvalue weighted by Gasteiger charge is 2.23. The van der Waals surface area contributed by atoms with Crippen LogP contribution in [0.5, 0.6) is 5.88 Å². The summed E-state index contributed by atoms with van der Waals surface area (Å²) in [6, 6.07) is 8.41. The Hall–Kier alpha value is -1.64. The van der Waals surface area contributed by atoms with E-state index in [0.29, 0.717) is 15.6 Å². The number of hydrogen-bond acceptors (Lipinski definition) is 6. The highest BCUT2D eigenvalue weighted by atomic mass is 79.9. The maximum Gasteiger partial charge on any atom is 0.418 e. The van der Waals surface area contributed by atoms with Crippen molar-refractivity contribution in [1.82, 2.24) is 9.88 Å². The molecule has 1 N–H and O–H groups in total. The first-order valence-corrected chi connectivity index (χ1v) is 9.30. The van der Waals surface area contributed by atoms with Crippen LogP contribution >= 0.6 is 27.3 Å². The smallest absolute Gasteiger partial charge is 0.390 e. The number of carbonyl (C=O) groups is 1. The number of aromatic nitrogens is 1. The van der Waals surface area contributed by atoms with E-state index in [-0.39, 0.29) is 5.88 Å². The van der Waals surface area contributed by atoms with Gasteiger partial charge in [-0.05, 0) is 60.7 Å². The first kappa shape index (κ1) is 17.2. The quantitative estimate of drug-likeness (QED) is 0.833. The molecule has 1 unspecified atom stereocenters. The van der Waals surface area contributed by atoms with E-state index in [1.165, 1.54) is 23.4 Å². The lowest BCUT2D eigenvalue weighted by atomic mass is 10.2. The molecule has 1 aromatic carbocycles. The van der Waals surface area contributed by atoms with Crippen LogP contribution in [0.4, 0.5) is 16.2 Å². The molecule has 3 rings (SSSR count). The Bertz CT molecular complexity index is 704. The highest BCUT2D eigenvalue weighted by Crippen LogP contribution is 2.24. The second-order valence-corrected chi connectivity index (χ2v) is 7.99. The number of anilines is 2. The molecule has 128 valence electrons. The van der Waals surface area contributed by atoms with Gasteiger partial charge in [-0.15, -0.1) is 11.3 Å². The molecule has 1 atom stereocenters. The number of benzene rings is 1. The van der Waals surface area contributed by atoms with Crippen LogP contribution in [0.15, 0.2) is 33.6 Å². The number of halogens is 1. The Morgan fingerprint density at radius 2 is 2.17 bits per heavy atom. The number of amides is 1. The summed E-state index contributed by atoms with van der Waals surface area (Å²) < 4.78 is 5.79. The largest absolute Gasteiger partial charge is 0.418 e. The van der Waals surface area contributed by atoms with Crippen LogP contribution in [-0.2, 0) is 0 Å². The number of nitrogens with zero attached hydrogens (tertiary/aromatic N) is 3. The van der Waals surface area contributed by atoms with E-state index in [9.17, 15) is 4.79 Å². The minimum atomic E-state index is -0.547. The Morgan fingerprint density at radius 3 is 2.75 bits per heavy atom. The molecule has 0 aliphatic carbocycles. The fraction of sp³-hybridized carbons (Fsp3) is 0.375. The molecule has 0 saturated carbocycles. The second-order valence-electron chi connectivity index (χ2n) is 5.85. The zero-order chi connectivity index (χ0) is 17.1. The monoisotopic (exact) mass is 410 g/mol. The third kappa shape index (κ3) is 4.25. The maximum atomic E-state index is 11.9. The van der Waals surface area contributed by atoms with Gasteiger partial charge in [0, 0.05) is 30.5 Å². The number of nitrogens with one attached hydrogen (secondary N) is 1. The van der Waals surface area contributed by atoms with Crippen LogP contribution in [0.2, 0.25) is 0 Å². The standard InChI is InChI=1S/C16H19BrN4O2S/c1-20(2)13-7-8-21(9-13)12-5-3-11(4-6-12)18-16(22)23-14-10-24-15(17)19-14/h3-6,10,13H,7-9H2,1-2H3,(H,18,22). The lowest BCUT2D eigenvalue weighted by Crippen LogP contribution is -2.31. The topological polar surface area (TPSA) is 57.7 Å². The average Bonchev–Trinajstić information content (AvgIpc) is 3.17. The Labute approximate surface area is 153 Å². The fourth-order valence-corrected chi connectivity index (χ4v) is 3.57. The lowest BCUT2D eigenvalue weighted by Gasteiger charge is -2.22. The zero-order valence-electron chi connectivity index (χ0n) is 13.5. The van der Waals surface area contributed by atoms with Gasteiger partial charge in [0.2, 0.25) is 5.88 Å². The van der Waals surface area contributed by atoms with Crippen LogP contribution < -0.4 is 15.0 Å². The molecule has 1 amide bonds. The number of thiazole rings is 1. The van der Waals surface area contributed by atoms with Gasteiger partial charge in [0.15, 0.2) is 3.92 Å². The van der Waals surface area contributed by atoms with Gasteiger partial charge >= 0.3 is 6.09 Å². The van der Waals surface area contributed by atoms with Crippen molar-refractivity contribution in [2.75, 3.05) is 37.4 Å². The van der Waals surface area contributed by atoms with Gasteiger partial charge in [-0.1, -0.05) is 0 Å². The summed E-state index contributed by atoms with van der Waals surface area (Å²) in [6.45, 7) is 2.08. The van der Waals surface area contributed by atoms with Crippen molar-refractivity contribution in [2.45, 2.75) is 12.5 Å². The first-order chi connectivity index (χ1) is 11.5. The molecule has 24 heavy (non-hydrogen) atoms. The van der Waals surface area contributed by atoms with Gasteiger partial charge in [-0.25, -0.2) is 4.79 Å². The summed E-state index contributed by atoms with van der Waals surface area (Å²) in [5.74, 6) is 0.285. The number of hydrogen-bond donors (Lipinski definition) is 1. The van der Waals surface area contributed by atoms with Crippen molar-refractivity contribution in [1.29, 1.82) is 0 Å². The average molecular weight is 411 g/mol. The van der Waals surface area contributed by atoms with E-state index in [1.54, 1.807) is 5.38 Å². The van der Waals surface area contributed by atoms with Crippen LogP contribution in [0, 0.1) is 0 Å². The second kappa shape index (κ2) is 7.50. The van der Waals surface area contributed by atoms with Gasteiger partial charge in [0.05, 0.1) is 5.38 Å². The van der Waals surface area contributed by atoms with Crippen molar-refractivity contribution in [3.63, 3.8) is 0 Å². The molecule has 2 aromatic rings. The lowest BCUT2D eigenvalue weighted by molar-refractivity contribution is 0.213. The predicted molar refractivity (Wildman–Crippen MR) is 100 cm³/mol. The minimum Gasteiger partial charge on any atom is -0.390 e. The molecule has 8 heteroatoms. The summed E-state index contributed by atoms with van der Waals surface area (Å²) in [6.07, 6.45) is 0.622. The van der Waals surface area contributed by atoms with Gasteiger partial charge in [-0.2, -0.15) is 4.98 Å². The van der Waals surface area contributed by atoms with E-state index in [2.05, 4.69) is 50.1 Å². The van der Waals surface area contributed by atoms with Gasteiger partial charge < -0.3 is 14.5 Å². The van der Waals surface area contributed by atoms with Crippen LogP contribution in [-0.4, -0.2) is 49.2 Å². The molecule has 2 heterocycles. The van der Waals surface area contributed by atoms with Crippen molar-refractivity contribution < 1.29 is 9.53 Å². The van der Waals surface area contributed by atoms with E-state index in [1.807, 2.05) is 24.3 Å². The van der Waals surface area contributed by atoms with Crippen LogP contribution in [0.25, 0.3) is 0 Å². The molecular weight excluding hydrogens is 392 g/mol. The molecule has 0 bridgehead atoms. The third-order valence-electron chi connectivity index (χ3n) is 4.02. The summed E-state index contributed by atoms with van der Waals surface area (Å²) in [5.41, 5.74) is 1.86. The molecule has 1 saturated heterocycles. The van der Waals surface area contributed by atoms with E-state index < -0.39 is 6.09 Å². The normalized spacial score (nSPS) is 17.3. The molecule has 6 nitrogen and oxygen atoms in total. The van der Waals surface area contributed by atoms with Gasteiger partial charge in [0.1, 0.15) is 0 Å². The summed E-state index contributed by atoms with van der Waals surface area (Å²) >= 11 is 4.59. The SMILES string of the molecule is CN(C)C1CCN(c2ccc(NC(=O)Oc3csc(Br)n3)cc2)C1. The first-order valence-electron chi connectivity index (χ1n) is 7.62. The Kier molecular flexibility index (Phi) is 5.37. The van der Waals surface area contributed by atoms with Crippen molar-refractivity contribution >= 4 is 44.7 Å². The number of carbonyl (C=O) groups excluding carboxylic acids is 1. The van der Waals surface area contributed by atoms with E-state index in [0.717, 1.165) is 13.1 Å². The predicted octanol–water partition coefficient (Wildman–Crippen LogP) is 3.66. The molecule has 0 spiro atoms. The molecule has 1 aromatic heterocycles. The Balaban J connectivity index is 1.55. The molecular formula is C16H19BrN4O2S. The van der Waals surface area contributed by atoms with E-state index >= 15 is 0 Å². The number of ether oxygens (including phenoxy) is 1. The molecule has 1 fully saturated rings. The van der Waals surface area contributed by atoms with Crippen LogP contribution in [0.1, 0.15) is 6.42 Å². The Morgan fingerprint density at radius 1 is 1.42 bits per heavy atom. The highest BCUT2D eigenvalue weighted by molar-refractivity contribution is 9.11. The van der Waals surface area contributed by atoms with Gasteiger partial charge in [-0.3, -0.25) is 5.32 Å². The molecule has 1 aliphatic rings. The minimum absolute atomic E-state index is 0.285. The zero-order valence-corrected chi connectivity index (χ0v) is 15.9. The van der Waals surface area contributed by atoms with Crippen molar-refractivity contribution in [3.05, 3.63) is 33.6 Å². The molecule has 0 radical (unpaired) electrons. The van der Waals surface area contributed by atoms with Gasteiger partial charge in [0.25, 0.3) is 0 Å². The maximum absolute atomic E-state index is 11.9. The van der Waals surface area contributed by atoms with Crippen molar-refractivity contribution in [3.8, 4) is 5.88 Å². The van der Waals surface area contributed by atoms with Crippen LogP contribution in [0.3, 0.4) is 0 Å². The summed E-state index contributed by atoms with van der Waals surface area (Å²) in [7, 11) is 4.24. The summed E-state index contributed by atoms with van der Waals surface area (Å²) in [5, 5.41) is 4.37.